The summed E-state index contributed by atoms with van der Waals surface area (Å²) in [5, 5.41) is 0. The highest BCUT2D eigenvalue weighted by Gasteiger charge is 2.40. The highest BCUT2D eigenvalue weighted by atomic mass is 19.4. The summed E-state index contributed by atoms with van der Waals surface area (Å²) < 4.78 is 38.1. The summed E-state index contributed by atoms with van der Waals surface area (Å²) in [5.41, 5.74) is 6.25. The van der Waals surface area contributed by atoms with Gasteiger partial charge in [-0.25, -0.2) is 0 Å². The molecule has 1 heterocycles. The Balaban J connectivity index is 1.67. The summed E-state index contributed by atoms with van der Waals surface area (Å²) in [4.78, 5) is 2.24. The number of benzene rings is 1. The first-order chi connectivity index (χ1) is 9.43. The van der Waals surface area contributed by atoms with E-state index in [2.05, 4.69) is 4.90 Å². The van der Waals surface area contributed by atoms with E-state index in [4.69, 9.17) is 5.73 Å². The Morgan fingerprint density at radius 2 is 2.00 bits per heavy atom. The zero-order valence-electron chi connectivity index (χ0n) is 11.2. The summed E-state index contributed by atoms with van der Waals surface area (Å²) in [6.45, 7) is 2.47. The van der Waals surface area contributed by atoms with E-state index in [1.165, 1.54) is 12.1 Å². The number of alkyl halides is 3. The van der Waals surface area contributed by atoms with Gasteiger partial charge in [-0.15, -0.1) is 0 Å². The molecule has 2 N–H and O–H groups in total. The first-order valence-corrected chi connectivity index (χ1v) is 7.07. The average molecular weight is 284 g/mol. The molecule has 3 atom stereocenters. The van der Waals surface area contributed by atoms with Gasteiger partial charge in [0.2, 0.25) is 0 Å². The summed E-state index contributed by atoms with van der Waals surface area (Å²) in [7, 11) is 0. The molecule has 3 rings (SSSR count). The van der Waals surface area contributed by atoms with Crippen molar-refractivity contribution in [1.82, 2.24) is 4.90 Å². The van der Waals surface area contributed by atoms with Gasteiger partial charge in [-0.05, 0) is 36.3 Å². The molecule has 1 aromatic rings. The number of nitrogens with two attached hydrogens (primary N) is 1. The molecule has 1 aliphatic carbocycles. The maximum Gasteiger partial charge on any atom is 0.416 e. The number of likely N-dealkylation sites (tertiary alicyclic amines) is 1. The van der Waals surface area contributed by atoms with Crippen LogP contribution in [0.15, 0.2) is 24.3 Å². The van der Waals surface area contributed by atoms with Crippen LogP contribution in [0.25, 0.3) is 0 Å². The minimum absolute atomic E-state index is 0.270. The van der Waals surface area contributed by atoms with E-state index in [0.29, 0.717) is 18.4 Å². The Kier molecular flexibility index (Phi) is 3.50. The lowest BCUT2D eigenvalue weighted by atomic mass is 9.98. The van der Waals surface area contributed by atoms with Crippen LogP contribution >= 0.6 is 0 Å². The predicted molar refractivity (Wildman–Crippen MR) is 70.9 cm³/mol. The van der Waals surface area contributed by atoms with Crippen molar-refractivity contribution in [3.63, 3.8) is 0 Å². The maximum absolute atomic E-state index is 12.7. The van der Waals surface area contributed by atoms with Gasteiger partial charge in [0, 0.05) is 25.7 Å². The number of fused-ring (bicyclic) bond motifs is 1. The second kappa shape index (κ2) is 5.04. The monoisotopic (exact) mass is 284 g/mol. The molecular weight excluding hydrogens is 265 g/mol. The highest BCUT2D eigenvalue weighted by Crippen LogP contribution is 2.38. The van der Waals surface area contributed by atoms with Crippen molar-refractivity contribution in [3.05, 3.63) is 35.4 Å². The van der Waals surface area contributed by atoms with Crippen LogP contribution < -0.4 is 5.73 Å². The van der Waals surface area contributed by atoms with Gasteiger partial charge in [-0.2, -0.15) is 13.2 Å². The third-order valence-corrected chi connectivity index (χ3v) is 4.65. The van der Waals surface area contributed by atoms with E-state index in [0.717, 1.165) is 37.6 Å². The lowest BCUT2D eigenvalue weighted by molar-refractivity contribution is -0.137. The Hall–Kier alpha value is -1.07. The fourth-order valence-corrected chi connectivity index (χ4v) is 3.63. The zero-order chi connectivity index (χ0) is 14.3. The Morgan fingerprint density at radius 3 is 2.70 bits per heavy atom. The fourth-order valence-electron chi connectivity index (χ4n) is 3.63. The van der Waals surface area contributed by atoms with Crippen LogP contribution in [0.1, 0.15) is 24.0 Å². The molecule has 1 aromatic carbocycles. The van der Waals surface area contributed by atoms with E-state index in [1.807, 2.05) is 0 Å². The lowest BCUT2D eigenvalue weighted by Gasteiger charge is -2.19. The van der Waals surface area contributed by atoms with E-state index < -0.39 is 11.7 Å². The smallest absolute Gasteiger partial charge is 0.327 e. The van der Waals surface area contributed by atoms with E-state index >= 15 is 0 Å². The molecule has 1 saturated heterocycles. The van der Waals surface area contributed by atoms with Crippen LogP contribution in [0.5, 0.6) is 0 Å². The summed E-state index contributed by atoms with van der Waals surface area (Å²) in [5.74, 6) is 1.16. The average Bonchev–Trinajstić information content (AvgIpc) is 2.91. The Bertz CT molecular complexity index is 486. The number of nitrogens with zero attached hydrogens (tertiary/aromatic N) is 1. The molecule has 20 heavy (non-hydrogen) atoms. The van der Waals surface area contributed by atoms with E-state index in [1.54, 1.807) is 6.07 Å². The standard InChI is InChI=1S/C15H19F3N2/c16-15(17,18)12-3-1-2-10(6-12)7-20-8-11-4-5-14(19)13(11)9-20/h1-3,6,11,13-14H,4-5,7-9,19H2/t11-,13+,14+/m0/s1. The minimum atomic E-state index is -4.26. The molecule has 0 unspecified atom stereocenters. The molecule has 0 radical (unpaired) electrons. The minimum Gasteiger partial charge on any atom is -0.327 e. The maximum atomic E-state index is 12.7. The molecule has 0 amide bonds. The van der Waals surface area contributed by atoms with Gasteiger partial charge in [0.05, 0.1) is 5.56 Å². The van der Waals surface area contributed by atoms with Crippen molar-refractivity contribution in [3.8, 4) is 0 Å². The molecule has 1 saturated carbocycles. The molecular formula is C15H19F3N2. The van der Waals surface area contributed by atoms with Crippen LogP contribution in [0.4, 0.5) is 13.2 Å². The first-order valence-electron chi connectivity index (χ1n) is 7.07. The second-order valence-corrected chi connectivity index (χ2v) is 6.06. The van der Waals surface area contributed by atoms with Crippen LogP contribution in [0, 0.1) is 11.8 Å². The molecule has 2 nitrogen and oxygen atoms in total. The fraction of sp³-hybridized carbons (Fsp3) is 0.600. The van der Waals surface area contributed by atoms with E-state index in [9.17, 15) is 13.2 Å². The molecule has 0 bridgehead atoms. The van der Waals surface area contributed by atoms with Crippen LogP contribution in [0.3, 0.4) is 0 Å². The second-order valence-electron chi connectivity index (χ2n) is 6.06. The first kappa shape index (κ1) is 13.9. The van der Waals surface area contributed by atoms with Gasteiger partial charge in [0.25, 0.3) is 0 Å². The molecule has 5 heteroatoms. The van der Waals surface area contributed by atoms with Gasteiger partial charge < -0.3 is 5.73 Å². The zero-order valence-corrected chi connectivity index (χ0v) is 11.2. The summed E-state index contributed by atoms with van der Waals surface area (Å²) in [6, 6.07) is 5.91. The normalized spacial score (nSPS) is 30.7. The van der Waals surface area contributed by atoms with Crippen molar-refractivity contribution in [1.29, 1.82) is 0 Å². The largest absolute Gasteiger partial charge is 0.416 e. The highest BCUT2D eigenvalue weighted by molar-refractivity contribution is 5.25. The van der Waals surface area contributed by atoms with Crippen LogP contribution in [0.2, 0.25) is 0 Å². The summed E-state index contributed by atoms with van der Waals surface area (Å²) in [6.07, 6.45) is -2.02. The topological polar surface area (TPSA) is 29.3 Å². The third-order valence-electron chi connectivity index (χ3n) is 4.65. The lowest BCUT2D eigenvalue weighted by Crippen LogP contribution is -2.30. The predicted octanol–water partition coefficient (Wildman–Crippen LogP) is 2.87. The van der Waals surface area contributed by atoms with Gasteiger partial charge in [0.15, 0.2) is 0 Å². The number of hydrogen-bond donors (Lipinski definition) is 1. The molecule has 0 spiro atoms. The molecule has 1 aliphatic heterocycles. The molecule has 2 aliphatic rings. The van der Waals surface area contributed by atoms with Crippen molar-refractivity contribution >= 4 is 0 Å². The summed E-state index contributed by atoms with van der Waals surface area (Å²) >= 11 is 0. The Labute approximate surface area is 116 Å². The third kappa shape index (κ3) is 2.69. The number of halogens is 3. The Morgan fingerprint density at radius 1 is 1.20 bits per heavy atom. The SMILES string of the molecule is N[C@@H]1CC[C@H]2CN(Cc3cccc(C(F)(F)F)c3)C[C@H]21. The van der Waals surface area contributed by atoms with Crippen molar-refractivity contribution < 1.29 is 13.2 Å². The molecule has 0 aromatic heterocycles. The van der Waals surface area contributed by atoms with Gasteiger partial charge in [-0.3, -0.25) is 4.90 Å². The van der Waals surface area contributed by atoms with Gasteiger partial charge in [-0.1, -0.05) is 18.2 Å². The number of hydrogen-bond acceptors (Lipinski definition) is 2. The van der Waals surface area contributed by atoms with Gasteiger partial charge >= 0.3 is 6.18 Å². The molecule has 110 valence electrons. The quantitative estimate of drug-likeness (QED) is 0.905. The van der Waals surface area contributed by atoms with Crippen molar-refractivity contribution in [2.24, 2.45) is 17.6 Å². The van der Waals surface area contributed by atoms with Crippen molar-refractivity contribution in [2.75, 3.05) is 13.1 Å². The number of rotatable bonds is 2. The van der Waals surface area contributed by atoms with Gasteiger partial charge in [0.1, 0.15) is 0 Å². The van der Waals surface area contributed by atoms with Crippen molar-refractivity contribution in [2.45, 2.75) is 31.6 Å². The van der Waals surface area contributed by atoms with Crippen LogP contribution in [-0.2, 0) is 12.7 Å². The van der Waals surface area contributed by atoms with E-state index in [-0.39, 0.29) is 6.04 Å². The van der Waals surface area contributed by atoms with Crippen LogP contribution in [-0.4, -0.2) is 24.0 Å². The molecule has 2 fully saturated rings.